The quantitative estimate of drug-likeness (QED) is 0.797. The average Bonchev–Trinajstić information content (AvgIpc) is 3.16. The molecule has 0 bridgehead atoms. The number of nitrogens with two attached hydrogens (primary N) is 1. The van der Waals surface area contributed by atoms with Gasteiger partial charge in [-0.25, -0.2) is 8.42 Å². The van der Waals surface area contributed by atoms with Crippen LogP contribution in [0.4, 0.5) is 5.69 Å². The van der Waals surface area contributed by atoms with Gasteiger partial charge < -0.3 is 15.8 Å². The number of methoxy groups -OCH3 is 1. The molecule has 1 heterocycles. The molecule has 1 saturated heterocycles. The highest BCUT2D eigenvalue weighted by Crippen LogP contribution is 2.34. The lowest BCUT2D eigenvalue weighted by atomic mass is 9.74. The van der Waals surface area contributed by atoms with Gasteiger partial charge in [0.2, 0.25) is 15.9 Å². The Bertz CT molecular complexity index is 801. The van der Waals surface area contributed by atoms with Gasteiger partial charge in [0.05, 0.1) is 13.0 Å². The summed E-state index contributed by atoms with van der Waals surface area (Å²) in [5, 5.41) is 2.88. The van der Waals surface area contributed by atoms with E-state index in [2.05, 4.69) is 5.32 Å². The van der Waals surface area contributed by atoms with E-state index in [9.17, 15) is 13.2 Å². The number of benzene rings is 1. The minimum atomic E-state index is -3.59. The van der Waals surface area contributed by atoms with Crippen molar-refractivity contribution in [2.45, 2.75) is 55.9 Å². The second kappa shape index (κ2) is 7.77. The summed E-state index contributed by atoms with van der Waals surface area (Å²) in [6, 6.07) is 4.68. The van der Waals surface area contributed by atoms with Crippen LogP contribution < -0.4 is 15.8 Å². The van der Waals surface area contributed by atoms with Gasteiger partial charge in [-0.2, -0.15) is 4.31 Å². The van der Waals surface area contributed by atoms with Gasteiger partial charge in [-0.3, -0.25) is 4.79 Å². The number of sulfonamides is 1. The van der Waals surface area contributed by atoms with Crippen LogP contribution in [-0.4, -0.2) is 44.4 Å². The maximum absolute atomic E-state index is 12.8. The van der Waals surface area contributed by atoms with Crippen molar-refractivity contribution >= 4 is 21.6 Å². The zero-order chi connectivity index (χ0) is 19.7. The molecule has 0 aromatic heterocycles. The number of nitrogens with zero attached hydrogens (tertiary/aromatic N) is 1. The number of ether oxygens (including phenoxy) is 1. The molecular weight excluding hydrogens is 366 g/mol. The first kappa shape index (κ1) is 20.1. The molecule has 0 spiro atoms. The second-order valence-electron chi connectivity index (χ2n) is 7.77. The summed E-state index contributed by atoms with van der Waals surface area (Å²) in [7, 11) is -2.16. The maximum Gasteiger partial charge on any atom is 0.246 e. The molecule has 1 saturated carbocycles. The molecule has 3 rings (SSSR count). The molecule has 2 unspecified atom stereocenters. The summed E-state index contributed by atoms with van der Waals surface area (Å²) in [5.41, 5.74) is 6.30. The van der Waals surface area contributed by atoms with Crippen LogP contribution in [0, 0.1) is 5.92 Å². The third-order valence-corrected chi connectivity index (χ3v) is 7.62. The Balaban J connectivity index is 1.81. The summed E-state index contributed by atoms with van der Waals surface area (Å²) >= 11 is 0. The number of carbonyl (C=O) groups is 1. The molecule has 2 fully saturated rings. The largest absolute Gasteiger partial charge is 0.495 e. The third kappa shape index (κ3) is 4.12. The highest BCUT2D eigenvalue weighted by Gasteiger charge is 2.38. The van der Waals surface area contributed by atoms with Crippen LogP contribution in [-0.2, 0) is 14.8 Å². The van der Waals surface area contributed by atoms with Crippen LogP contribution in [0.15, 0.2) is 23.1 Å². The molecule has 0 radical (unpaired) electrons. The molecule has 3 N–H and O–H groups in total. The smallest absolute Gasteiger partial charge is 0.246 e. The molecule has 2 atom stereocenters. The molecule has 1 aliphatic heterocycles. The van der Waals surface area contributed by atoms with Crippen molar-refractivity contribution in [1.82, 2.24) is 4.31 Å². The van der Waals surface area contributed by atoms with Crippen LogP contribution in [0.1, 0.15) is 45.4 Å². The summed E-state index contributed by atoms with van der Waals surface area (Å²) < 4.78 is 32.4. The first-order chi connectivity index (χ1) is 12.8. The van der Waals surface area contributed by atoms with Crippen LogP contribution >= 0.6 is 0 Å². The van der Waals surface area contributed by atoms with Crippen molar-refractivity contribution in [2.75, 3.05) is 25.5 Å². The molecule has 1 amide bonds. The normalized spacial score (nSPS) is 26.7. The summed E-state index contributed by atoms with van der Waals surface area (Å²) in [5.74, 6) is -0.152. The van der Waals surface area contributed by atoms with E-state index >= 15 is 0 Å². The molecule has 150 valence electrons. The lowest BCUT2D eigenvalue weighted by molar-refractivity contribution is -0.122. The predicted molar refractivity (Wildman–Crippen MR) is 104 cm³/mol. The van der Waals surface area contributed by atoms with Crippen molar-refractivity contribution in [3.05, 3.63) is 18.2 Å². The number of hydrogen-bond acceptors (Lipinski definition) is 5. The van der Waals surface area contributed by atoms with E-state index in [1.54, 1.807) is 12.1 Å². The van der Waals surface area contributed by atoms with Gasteiger partial charge in [0.25, 0.3) is 0 Å². The van der Waals surface area contributed by atoms with Crippen molar-refractivity contribution < 1.29 is 17.9 Å². The number of hydrogen-bond donors (Lipinski definition) is 2. The molecule has 1 aromatic rings. The fourth-order valence-electron chi connectivity index (χ4n) is 4.04. The standard InChI is InChI=1S/C19H29N3O4S/c1-19(20)10-4-3-7-15(19)18(23)21-14-8-9-17(16(13-14)26-2)27(24,25)22-11-5-6-12-22/h8-9,13,15H,3-7,10-12,20H2,1-2H3,(H,21,23). The van der Waals surface area contributed by atoms with Gasteiger partial charge >= 0.3 is 0 Å². The van der Waals surface area contributed by atoms with E-state index in [0.717, 1.165) is 38.5 Å². The van der Waals surface area contributed by atoms with Crippen molar-refractivity contribution in [1.29, 1.82) is 0 Å². The minimum Gasteiger partial charge on any atom is -0.495 e. The highest BCUT2D eigenvalue weighted by molar-refractivity contribution is 7.89. The number of carbonyl (C=O) groups excluding carboxylic acids is 1. The molecule has 27 heavy (non-hydrogen) atoms. The van der Waals surface area contributed by atoms with E-state index < -0.39 is 15.6 Å². The van der Waals surface area contributed by atoms with Crippen molar-refractivity contribution in [3.63, 3.8) is 0 Å². The van der Waals surface area contributed by atoms with Crippen molar-refractivity contribution in [3.8, 4) is 5.75 Å². The number of rotatable bonds is 5. The minimum absolute atomic E-state index is 0.128. The first-order valence-electron chi connectivity index (χ1n) is 9.53. The predicted octanol–water partition coefficient (Wildman–Crippen LogP) is 2.33. The van der Waals surface area contributed by atoms with Gasteiger partial charge in [-0.1, -0.05) is 12.8 Å². The van der Waals surface area contributed by atoms with Gasteiger partial charge in [-0.05, 0) is 44.7 Å². The van der Waals surface area contributed by atoms with E-state index in [0.29, 0.717) is 18.8 Å². The van der Waals surface area contributed by atoms with Gasteiger partial charge in [0.15, 0.2) is 0 Å². The SMILES string of the molecule is COc1cc(NC(=O)C2CCCCC2(C)N)ccc1S(=O)(=O)N1CCCC1. The molecule has 7 nitrogen and oxygen atoms in total. The Morgan fingerprint density at radius 2 is 1.96 bits per heavy atom. The topological polar surface area (TPSA) is 102 Å². The van der Waals surface area contributed by atoms with Crippen LogP contribution in [0.5, 0.6) is 5.75 Å². The Morgan fingerprint density at radius 1 is 1.26 bits per heavy atom. The first-order valence-corrected chi connectivity index (χ1v) is 11.0. The average molecular weight is 396 g/mol. The fourth-order valence-corrected chi connectivity index (χ4v) is 5.70. The van der Waals surface area contributed by atoms with E-state index in [-0.39, 0.29) is 22.5 Å². The summed E-state index contributed by atoms with van der Waals surface area (Å²) in [4.78, 5) is 12.8. The zero-order valence-corrected chi connectivity index (χ0v) is 16.8. The number of anilines is 1. The highest BCUT2D eigenvalue weighted by atomic mass is 32.2. The van der Waals surface area contributed by atoms with Crippen LogP contribution in [0.2, 0.25) is 0 Å². The summed E-state index contributed by atoms with van der Waals surface area (Å²) in [6.07, 6.45) is 5.34. The lowest BCUT2D eigenvalue weighted by Gasteiger charge is -2.37. The van der Waals surface area contributed by atoms with Gasteiger partial charge in [0.1, 0.15) is 10.6 Å². The number of nitrogens with one attached hydrogen (secondary N) is 1. The van der Waals surface area contributed by atoms with E-state index in [1.165, 1.54) is 17.5 Å². The van der Waals surface area contributed by atoms with Crippen LogP contribution in [0.3, 0.4) is 0 Å². The van der Waals surface area contributed by atoms with Crippen molar-refractivity contribution in [2.24, 2.45) is 11.7 Å². The zero-order valence-electron chi connectivity index (χ0n) is 16.0. The molecule has 2 aliphatic rings. The Hall–Kier alpha value is -1.64. The monoisotopic (exact) mass is 395 g/mol. The van der Waals surface area contributed by atoms with E-state index in [4.69, 9.17) is 10.5 Å². The molecular formula is C19H29N3O4S. The third-order valence-electron chi connectivity index (χ3n) is 5.68. The van der Waals surface area contributed by atoms with Crippen LogP contribution in [0.25, 0.3) is 0 Å². The Kier molecular flexibility index (Phi) is 5.79. The number of amides is 1. The van der Waals surface area contributed by atoms with E-state index in [1.807, 2.05) is 6.92 Å². The lowest BCUT2D eigenvalue weighted by Crippen LogP contribution is -2.51. The second-order valence-corrected chi connectivity index (χ2v) is 9.68. The molecule has 1 aliphatic carbocycles. The van der Waals surface area contributed by atoms with Gasteiger partial charge in [0, 0.05) is 30.4 Å². The fraction of sp³-hybridized carbons (Fsp3) is 0.632. The van der Waals surface area contributed by atoms with Gasteiger partial charge in [-0.15, -0.1) is 0 Å². The molecule has 1 aromatic carbocycles. The maximum atomic E-state index is 12.8. The molecule has 8 heteroatoms. The Morgan fingerprint density at radius 3 is 2.59 bits per heavy atom. The Labute approximate surface area is 161 Å². The summed E-state index contributed by atoms with van der Waals surface area (Å²) in [6.45, 7) is 2.98.